The van der Waals surface area contributed by atoms with Gasteiger partial charge in [0.25, 0.3) is 5.91 Å². The molecule has 1 saturated heterocycles. The van der Waals surface area contributed by atoms with Crippen LogP contribution >= 0.6 is 11.8 Å². The average molecular weight is 369 g/mol. The van der Waals surface area contributed by atoms with Crippen LogP contribution in [0.15, 0.2) is 59.5 Å². The maximum absolute atomic E-state index is 12.6. The number of likely N-dealkylation sites (tertiary alicyclic amines) is 1. The lowest BCUT2D eigenvalue weighted by Crippen LogP contribution is -2.38. The highest BCUT2D eigenvalue weighted by molar-refractivity contribution is 7.98. The summed E-state index contributed by atoms with van der Waals surface area (Å²) in [5, 5.41) is 8.88. The van der Waals surface area contributed by atoms with Gasteiger partial charge in [-0.25, -0.2) is 0 Å². The van der Waals surface area contributed by atoms with Crippen molar-refractivity contribution in [3.63, 3.8) is 0 Å². The van der Waals surface area contributed by atoms with E-state index in [0.29, 0.717) is 18.7 Å². The second kappa shape index (κ2) is 8.90. The molecule has 4 nitrogen and oxygen atoms in total. The van der Waals surface area contributed by atoms with Crippen molar-refractivity contribution in [1.82, 2.24) is 4.90 Å². The van der Waals surface area contributed by atoms with Crippen LogP contribution in [0.5, 0.6) is 0 Å². The van der Waals surface area contributed by atoms with Crippen molar-refractivity contribution in [3.05, 3.63) is 65.7 Å². The highest BCUT2D eigenvalue weighted by atomic mass is 32.2. The number of hydrogen-bond acceptors (Lipinski definition) is 3. The molecule has 1 amide bonds. The molecule has 136 valence electrons. The molecule has 0 atom stereocenters. The van der Waals surface area contributed by atoms with E-state index in [0.717, 1.165) is 18.6 Å². The number of amides is 1. The fourth-order valence-electron chi connectivity index (χ4n) is 3.20. The number of benzene rings is 2. The van der Waals surface area contributed by atoms with Crippen molar-refractivity contribution in [2.75, 3.05) is 13.1 Å². The number of hydrogen-bond donors (Lipinski definition) is 1. The third-order valence-corrected chi connectivity index (χ3v) is 5.80. The third-order valence-electron chi connectivity index (χ3n) is 4.71. The van der Waals surface area contributed by atoms with Gasteiger partial charge in [-0.2, -0.15) is 0 Å². The summed E-state index contributed by atoms with van der Waals surface area (Å²) in [6, 6.07) is 18.1. The largest absolute Gasteiger partial charge is 0.481 e. The molecule has 0 aromatic heterocycles. The standard InChI is InChI=1S/C21H23NO3S/c23-20(24)14-16-10-12-22(13-11-16)21(25)18-8-6-17(7-9-18)15-26-19-4-2-1-3-5-19/h1-9,16H,10-15H2,(H,23,24). The number of carbonyl (C=O) groups is 2. The van der Waals surface area contributed by atoms with Gasteiger partial charge < -0.3 is 10.0 Å². The molecule has 1 aliphatic rings. The summed E-state index contributed by atoms with van der Waals surface area (Å²) in [5.41, 5.74) is 1.89. The summed E-state index contributed by atoms with van der Waals surface area (Å²) in [5.74, 6) is 0.354. The van der Waals surface area contributed by atoms with Gasteiger partial charge in [-0.3, -0.25) is 9.59 Å². The highest BCUT2D eigenvalue weighted by Crippen LogP contribution is 2.24. The zero-order valence-electron chi connectivity index (χ0n) is 14.6. The highest BCUT2D eigenvalue weighted by Gasteiger charge is 2.24. The molecule has 1 N–H and O–H groups in total. The first-order valence-electron chi connectivity index (χ1n) is 8.89. The summed E-state index contributed by atoms with van der Waals surface area (Å²) in [7, 11) is 0. The first kappa shape index (κ1) is 18.5. The van der Waals surface area contributed by atoms with Crippen molar-refractivity contribution in [1.29, 1.82) is 0 Å². The zero-order chi connectivity index (χ0) is 18.4. The number of rotatable bonds is 6. The first-order valence-corrected chi connectivity index (χ1v) is 9.88. The molecule has 1 heterocycles. The van der Waals surface area contributed by atoms with Gasteiger partial charge in [0.2, 0.25) is 0 Å². The van der Waals surface area contributed by atoms with Crippen molar-refractivity contribution >= 4 is 23.6 Å². The van der Waals surface area contributed by atoms with Gasteiger partial charge in [0, 0.05) is 35.7 Å². The zero-order valence-corrected chi connectivity index (χ0v) is 15.5. The second-order valence-electron chi connectivity index (χ2n) is 6.63. The number of carbonyl (C=O) groups excluding carboxylic acids is 1. The summed E-state index contributed by atoms with van der Waals surface area (Å²) in [6.45, 7) is 1.28. The van der Waals surface area contributed by atoms with Gasteiger partial charge in [-0.1, -0.05) is 30.3 Å². The van der Waals surface area contributed by atoms with Crippen LogP contribution in [0.2, 0.25) is 0 Å². The Morgan fingerprint density at radius 2 is 1.65 bits per heavy atom. The minimum absolute atomic E-state index is 0.0426. The van der Waals surface area contributed by atoms with E-state index in [1.807, 2.05) is 47.4 Å². The summed E-state index contributed by atoms with van der Waals surface area (Å²) in [4.78, 5) is 26.5. The van der Waals surface area contributed by atoms with Crippen molar-refractivity contribution in [2.45, 2.75) is 29.9 Å². The number of carboxylic acid groups (broad SMARTS) is 1. The van der Waals surface area contributed by atoms with E-state index in [4.69, 9.17) is 5.11 Å². The molecule has 0 spiro atoms. The smallest absolute Gasteiger partial charge is 0.303 e. The van der Waals surface area contributed by atoms with E-state index < -0.39 is 5.97 Å². The molecule has 3 rings (SSSR count). The average Bonchev–Trinajstić information content (AvgIpc) is 2.67. The van der Waals surface area contributed by atoms with E-state index in [9.17, 15) is 9.59 Å². The van der Waals surface area contributed by atoms with E-state index >= 15 is 0 Å². The van der Waals surface area contributed by atoms with E-state index in [-0.39, 0.29) is 18.2 Å². The Labute approximate surface area is 158 Å². The normalized spacial score (nSPS) is 15.0. The van der Waals surface area contributed by atoms with E-state index in [2.05, 4.69) is 12.1 Å². The van der Waals surface area contributed by atoms with Crippen LogP contribution in [0.4, 0.5) is 0 Å². The van der Waals surface area contributed by atoms with Crippen LogP contribution in [-0.2, 0) is 10.5 Å². The van der Waals surface area contributed by atoms with Crippen molar-refractivity contribution in [2.24, 2.45) is 5.92 Å². The monoisotopic (exact) mass is 369 g/mol. The minimum atomic E-state index is -0.751. The lowest BCUT2D eigenvalue weighted by atomic mass is 9.93. The molecule has 26 heavy (non-hydrogen) atoms. The van der Waals surface area contributed by atoms with Crippen LogP contribution in [0, 0.1) is 5.92 Å². The quantitative estimate of drug-likeness (QED) is 0.771. The van der Waals surface area contributed by atoms with Gasteiger partial charge in [-0.15, -0.1) is 11.8 Å². The van der Waals surface area contributed by atoms with Gasteiger partial charge >= 0.3 is 5.97 Å². The molecule has 5 heteroatoms. The Morgan fingerprint density at radius 1 is 1.00 bits per heavy atom. The summed E-state index contributed by atoms with van der Waals surface area (Å²) < 4.78 is 0. The fraction of sp³-hybridized carbons (Fsp3) is 0.333. The maximum Gasteiger partial charge on any atom is 0.303 e. The minimum Gasteiger partial charge on any atom is -0.481 e. The van der Waals surface area contributed by atoms with Crippen LogP contribution in [0.1, 0.15) is 35.2 Å². The molecule has 1 aliphatic heterocycles. The summed E-state index contributed by atoms with van der Waals surface area (Å²) in [6.07, 6.45) is 1.74. The van der Waals surface area contributed by atoms with Crippen LogP contribution in [-0.4, -0.2) is 35.0 Å². The molecule has 2 aromatic rings. The van der Waals surface area contributed by atoms with Crippen molar-refractivity contribution in [3.8, 4) is 0 Å². The SMILES string of the molecule is O=C(O)CC1CCN(C(=O)c2ccc(CSc3ccccc3)cc2)CC1. The Balaban J connectivity index is 1.52. The molecule has 0 unspecified atom stereocenters. The first-order chi connectivity index (χ1) is 12.6. The molecule has 0 bridgehead atoms. The molecule has 0 aliphatic carbocycles. The molecule has 1 fully saturated rings. The fourth-order valence-corrected chi connectivity index (χ4v) is 4.07. The third kappa shape index (κ3) is 5.11. The van der Waals surface area contributed by atoms with Crippen LogP contribution in [0.3, 0.4) is 0 Å². The van der Waals surface area contributed by atoms with Gasteiger partial charge in [0.1, 0.15) is 0 Å². The molecule has 2 aromatic carbocycles. The topological polar surface area (TPSA) is 57.6 Å². The Kier molecular flexibility index (Phi) is 6.34. The summed E-state index contributed by atoms with van der Waals surface area (Å²) >= 11 is 1.78. The predicted octanol–water partition coefficient (Wildman–Crippen LogP) is 4.31. The molecule has 0 saturated carbocycles. The molecule has 0 radical (unpaired) electrons. The molecular weight excluding hydrogens is 346 g/mol. The number of aliphatic carboxylic acids is 1. The van der Waals surface area contributed by atoms with Gasteiger partial charge in [0.15, 0.2) is 0 Å². The number of thioether (sulfide) groups is 1. The Hall–Kier alpha value is -2.27. The second-order valence-corrected chi connectivity index (χ2v) is 7.68. The molecular formula is C21H23NO3S. The number of carboxylic acids is 1. The Bertz CT molecular complexity index is 738. The lowest BCUT2D eigenvalue weighted by Gasteiger charge is -2.31. The van der Waals surface area contributed by atoms with Crippen molar-refractivity contribution < 1.29 is 14.7 Å². The number of nitrogens with zero attached hydrogens (tertiary/aromatic N) is 1. The van der Waals surface area contributed by atoms with E-state index in [1.165, 1.54) is 10.5 Å². The Morgan fingerprint density at radius 3 is 2.27 bits per heavy atom. The van der Waals surface area contributed by atoms with Gasteiger partial charge in [-0.05, 0) is 48.6 Å². The predicted molar refractivity (Wildman–Crippen MR) is 103 cm³/mol. The number of piperidine rings is 1. The van der Waals surface area contributed by atoms with E-state index in [1.54, 1.807) is 11.8 Å². The lowest BCUT2D eigenvalue weighted by molar-refractivity contribution is -0.138. The van der Waals surface area contributed by atoms with Gasteiger partial charge in [0.05, 0.1) is 0 Å². The van der Waals surface area contributed by atoms with Crippen LogP contribution in [0.25, 0.3) is 0 Å². The maximum atomic E-state index is 12.6. The van der Waals surface area contributed by atoms with Crippen LogP contribution < -0.4 is 0 Å².